The van der Waals surface area contributed by atoms with Gasteiger partial charge in [-0.1, -0.05) is 26.3 Å². The maximum Gasteiger partial charge on any atom is 0.264 e. The van der Waals surface area contributed by atoms with Crippen molar-refractivity contribution in [2.24, 2.45) is 0 Å². The summed E-state index contributed by atoms with van der Waals surface area (Å²) >= 11 is 3.42. The number of aromatic nitrogens is 2. The molecule has 1 aliphatic heterocycles. The molecule has 0 saturated carbocycles. The van der Waals surface area contributed by atoms with Gasteiger partial charge in [0.15, 0.2) is 0 Å². The Balaban J connectivity index is 1.48. The molecule has 0 spiro atoms. The lowest BCUT2D eigenvalue weighted by atomic mass is 10.1. The van der Waals surface area contributed by atoms with Gasteiger partial charge < -0.3 is 9.80 Å². The van der Waals surface area contributed by atoms with Crippen LogP contribution < -0.4 is 4.90 Å². The van der Waals surface area contributed by atoms with Crippen LogP contribution in [-0.4, -0.2) is 47.0 Å². The van der Waals surface area contributed by atoms with Crippen molar-refractivity contribution in [1.29, 1.82) is 0 Å². The molecule has 0 N–H and O–H groups in total. The summed E-state index contributed by atoms with van der Waals surface area (Å²) in [7, 11) is 0. The van der Waals surface area contributed by atoms with Gasteiger partial charge in [0.05, 0.1) is 10.3 Å². The zero-order valence-electron chi connectivity index (χ0n) is 18.4. The van der Waals surface area contributed by atoms with Crippen molar-refractivity contribution < 1.29 is 4.79 Å². The van der Waals surface area contributed by atoms with Crippen molar-refractivity contribution in [3.05, 3.63) is 38.7 Å². The van der Waals surface area contributed by atoms with E-state index in [4.69, 9.17) is 9.97 Å². The zero-order chi connectivity index (χ0) is 21.4. The molecule has 164 valence electrons. The third-order valence-corrected chi connectivity index (χ3v) is 8.76. The molecule has 3 aromatic heterocycles. The molecular formula is C24H30N4OS2. The summed E-state index contributed by atoms with van der Waals surface area (Å²) in [5.74, 6) is 2.60. The Bertz CT molecular complexity index is 1070. The molecule has 1 amide bonds. The molecule has 7 heteroatoms. The number of fused-ring (bicyclic) bond motifs is 3. The van der Waals surface area contributed by atoms with Crippen molar-refractivity contribution in [3.8, 4) is 0 Å². The molecule has 2 aliphatic rings. The van der Waals surface area contributed by atoms with Gasteiger partial charge in [-0.2, -0.15) is 0 Å². The van der Waals surface area contributed by atoms with Gasteiger partial charge in [-0.15, -0.1) is 22.7 Å². The van der Waals surface area contributed by atoms with Crippen LogP contribution in [0.2, 0.25) is 0 Å². The Labute approximate surface area is 192 Å². The van der Waals surface area contributed by atoms with Crippen LogP contribution in [0, 0.1) is 0 Å². The van der Waals surface area contributed by atoms with Crippen LogP contribution >= 0.6 is 22.7 Å². The molecule has 5 nitrogen and oxygen atoms in total. The molecule has 1 saturated heterocycles. The average Bonchev–Trinajstić information content (AvgIpc) is 3.40. The first-order chi connectivity index (χ1) is 15.2. The maximum atomic E-state index is 12.8. The van der Waals surface area contributed by atoms with Gasteiger partial charge in [0.25, 0.3) is 5.91 Å². The topological polar surface area (TPSA) is 49.3 Å². The average molecular weight is 455 g/mol. The van der Waals surface area contributed by atoms with Crippen molar-refractivity contribution in [2.75, 3.05) is 31.1 Å². The van der Waals surface area contributed by atoms with Crippen LogP contribution in [0.1, 0.15) is 71.4 Å². The van der Waals surface area contributed by atoms with E-state index in [1.807, 2.05) is 33.7 Å². The van der Waals surface area contributed by atoms with Crippen molar-refractivity contribution in [1.82, 2.24) is 14.9 Å². The van der Waals surface area contributed by atoms with Gasteiger partial charge in [0.2, 0.25) is 0 Å². The number of aryl methyl sites for hydroxylation is 2. The minimum atomic E-state index is 0.159. The van der Waals surface area contributed by atoms with Crippen LogP contribution in [0.5, 0.6) is 0 Å². The van der Waals surface area contributed by atoms with Crippen LogP contribution in [0.25, 0.3) is 10.2 Å². The monoisotopic (exact) mass is 454 g/mol. The Morgan fingerprint density at radius 3 is 2.68 bits per heavy atom. The summed E-state index contributed by atoms with van der Waals surface area (Å²) in [6.45, 7) is 7.57. The van der Waals surface area contributed by atoms with Crippen LogP contribution in [-0.2, 0) is 12.8 Å². The molecule has 0 aromatic carbocycles. The number of anilines is 1. The highest BCUT2D eigenvalue weighted by molar-refractivity contribution is 7.19. The molecule has 0 radical (unpaired) electrons. The summed E-state index contributed by atoms with van der Waals surface area (Å²) < 4.78 is 0. The van der Waals surface area contributed by atoms with Crippen molar-refractivity contribution in [3.63, 3.8) is 0 Å². The number of hydrogen-bond donors (Lipinski definition) is 0. The van der Waals surface area contributed by atoms with Crippen molar-refractivity contribution >= 4 is 44.6 Å². The van der Waals surface area contributed by atoms with E-state index >= 15 is 0 Å². The van der Waals surface area contributed by atoms with E-state index in [1.165, 1.54) is 57.7 Å². The van der Waals surface area contributed by atoms with Crippen molar-refractivity contribution in [2.45, 2.75) is 58.3 Å². The number of rotatable bonds is 4. The van der Waals surface area contributed by atoms with E-state index in [0.717, 1.165) is 55.5 Å². The van der Waals surface area contributed by atoms with E-state index in [2.05, 4.69) is 18.7 Å². The fourth-order valence-electron chi connectivity index (χ4n) is 4.64. The zero-order valence-corrected chi connectivity index (χ0v) is 20.0. The molecule has 1 aliphatic carbocycles. The fourth-order valence-corrected chi connectivity index (χ4v) is 6.59. The van der Waals surface area contributed by atoms with Gasteiger partial charge >= 0.3 is 0 Å². The molecule has 5 rings (SSSR count). The molecule has 0 unspecified atom stereocenters. The third kappa shape index (κ3) is 3.98. The van der Waals surface area contributed by atoms with Gasteiger partial charge in [0.1, 0.15) is 16.5 Å². The van der Waals surface area contributed by atoms with E-state index in [-0.39, 0.29) is 5.91 Å². The van der Waals surface area contributed by atoms with Crippen LogP contribution in [0.3, 0.4) is 0 Å². The smallest absolute Gasteiger partial charge is 0.264 e. The predicted molar refractivity (Wildman–Crippen MR) is 130 cm³/mol. The molecule has 31 heavy (non-hydrogen) atoms. The minimum absolute atomic E-state index is 0.159. The summed E-state index contributed by atoms with van der Waals surface area (Å²) in [6.07, 6.45) is 7.22. The van der Waals surface area contributed by atoms with E-state index in [1.54, 1.807) is 0 Å². The van der Waals surface area contributed by atoms with E-state index < -0.39 is 0 Å². The lowest BCUT2D eigenvalue weighted by Gasteiger charge is -2.36. The van der Waals surface area contributed by atoms with Crippen LogP contribution in [0.4, 0.5) is 5.82 Å². The highest BCUT2D eigenvalue weighted by atomic mass is 32.1. The lowest BCUT2D eigenvalue weighted by molar-refractivity contribution is 0.0751. The quantitative estimate of drug-likeness (QED) is 0.489. The van der Waals surface area contributed by atoms with E-state index in [0.29, 0.717) is 5.92 Å². The Morgan fingerprint density at radius 1 is 1.13 bits per heavy atom. The lowest BCUT2D eigenvalue weighted by Crippen LogP contribution is -2.49. The fraction of sp³-hybridized carbons (Fsp3) is 0.542. The second-order valence-electron chi connectivity index (χ2n) is 8.72. The summed E-state index contributed by atoms with van der Waals surface area (Å²) in [4.78, 5) is 30.9. The molecule has 4 heterocycles. The molecule has 3 aromatic rings. The standard InChI is InChI=1S/C24H30N4OS2/c1-3-16(2)21-25-22(20-17-8-5-4-6-9-18(17)31-23(20)26-21)27-11-13-28(14-12-27)24(29)19-10-7-15-30-19/h7,10,15-16H,3-6,8-9,11-14H2,1-2H3/t16-/m1/s1. The van der Waals surface area contributed by atoms with Gasteiger partial charge in [-0.05, 0) is 49.1 Å². The Kier molecular flexibility index (Phi) is 5.97. The normalized spacial score (nSPS) is 18.1. The van der Waals surface area contributed by atoms with E-state index in [9.17, 15) is 4.79 Å². The largest absolute Gasteiger partial charge is 0.352 e. The van der Waals surface area contributed by atoms with Gasteiger partial charge in [-0.3, -0.25) is 4.79 Å². The molecular weight excluding hydrogens is 424 g/mol. The first-order valence-corrected chi connectivity index (χ1v) is 13.2. The first kappa shape index (κ1) is 20.9. The number of nitrogens with zero attached hydrogens (tertiary/aromatic N) is 4. The Morgan fingerprint density at radius 2 is 1.94 bits per heavy atom. The summed E-state index contributed by atoms with van der Waals surface area (Å²) in [5, 5.41) is 3.27. The van der Waals surface area contributed by atoms with Crippen LogP contribution in [0.15, 0.2) is 17.5 Å². The second kappa shape index (κ2) is 8.87. The number of carbonyl (C=O) groups is 1. The van der Waals surface area contributed by atoms with Gasteiger partial charge in [0, 0.05) is 37.0 Å². The number of carbonyl (C=O) groups excluding carboxylic acids is 1. The molecule has 1 atom stereocenters. The minimum Gasteiger partial charge on any atom is -0.352 e. The maximum absolute atomic E-state index is 12.8. The third-order valence-electron chi connectivity index (χ3n) is 6.71. The number of hydrogen-bond acceptors (Lipinski definition) is 6. The molecule has 1 fully saturated rings. The summed E-state index contributed by atoms with van der Waals surface area (Å²) in [6, 6.07) is 3.87. The number of amides is 1. The number of piperazine rings is 1. The Hall–Kier alpha value is -1.99. The SMILES string of the molecule is CC[C@@H](C)c1nc(N2CCN(C(=O)c3cccs3)CC2)c2c3c(sc2n1)CCCCC3. The second-order valence-corrected chi connectivity index (χ2v) is 10.7. The highest BCUT2D eigenvalue weighted by Gasteiger charge is 2.28. The summed E-state index contributed by atoms with van der Waals surface area (Å²) in [5.41, 5.74) is 1.50. The highest BCUT2D eigenvalue weighted by Crippen LogP contribution is 2.40. The predicted octanol–water partition coefficient (Wildman–Crippen LogP) is 5.50. The van der Waals surface area contributed by atoms with Gasteiger partial charge in [-0.25, -0.2) is 9.97 Å². The number of thiophene rings is 2. The first-order valence-electron chi connectivity index (χ1n) is 11.6. The molecule has 0 bridgehead atoms.